The lowest BCUT2D eigenvalue weighted by atomic mass is 10.2. The molecule has 3 rings (SSSR count). The van der Waals surface area contributed by atoms with Gasteiger partial charge >= 0.3 is 0 Å². The zero-order valence-corrected chi connectivity index (χ0v) is 15.6. The van der Waals surface area contributed by atoms with Crippen molar-refractivity contribution >= 4 is 57.6 Å². The minimum Gasteiger partial charge on any atom is -0.286 e. The zero-order chi connectivity index (χ0) is 17.1. The first kappa shape index (κ1) is 17.6. The Kier molecular flexibility index (Phi) is 5.72. The third-order valence-electron chi connectivity index (χ3n) is 3.50. The van der Waals surface area contributed by atoms with E-state index >= 15 is 0 Å². The van der Waals surface area contributed by atoms with Crippen LogP contribution in [0, 0.1) is 0 Å². The number of benzene rings is 2. The van der Waals surface area contributed by atoms with Gasteiger partial charge < -0.3 is 0 Å². The molecule has 3 nitrogen and oxygen atoms in total. The molecule has 7 heteroatoms. The lowest BCUT2D eigenvalue weighted by molar-refractivity contribution is 0.0861. The van der Waals surface area contributed by atoms with Crippen molar-refractivity contribution in [3.8, 4) is 0 Å². The monoisotopic (exact) mass is 398 g/mol. The van der Waals surface area contributed by atoms with Gasteiger partial charge in [0.25, 0.3) is 5.91 Å². The summed E-state index contributed by atoms with van der Waals surface area (Å²) in [5.41, 5.74) is 1.51. The van der Waals surface area contributed by atoms with Gasteiger partial charge in [0.1, 0.15) is 0 Å². The molecule has 0 spiro atoms. The molecule has 1 heterocycles. The Morgan fingerprint density at radius 2 is 1.88 bits per heavy atom. The Bertz CT molecular complexity index is 810. The minimum atomic E-state index is -0.126. The highest BCUT2D eigenvalue weighted by atomic mass is 35.5. The van der Waals surface area contributed by atoms with Gasteiger partial charge in [-0.15, -0.1) is 0 Å². The summed E-state index contributed by atoms with van der Waals surface area (Å²) in [5, 5.41) is 2.19. The molecule has 0 unspecified atom stereocenters. The molecule has 24 heavy (non-hydrogen) atoms. The Balaban J connectivity index is 1.70. The summed E-state index contributed by atoms with van der Waals surface area (Å²) in [6.45, 7) is 1.16. The lowest BCUT2D eigenvalue weighted by Crippen LogP contribution is -2.33. The van der Waals surface area contributed by atoms with Crippen LogP contribution in [-0.4, -0.2) is 29.1 Å². The first-order chi connectivity index (χ1) is 11.6. The van der Waals surface area contributed by atoms with Crippen LogP contribution in [0.15, 0.2) is 47.5 Å². The number of aliphatic imine (C=N–C) groups is 1. The lowest BCUT2D eigenvalue weighted by Gasteiger charge is -2.18. The maximum absolute atomic E-state index is 12.7. The van der Waals surface area contributed by atoms with Crippen molar-refractivity contribution < 1.29 is 4.79 Å². The fourth-order valence-corrected chi connectivity index (χ4v) is 3.82. The highest BCUT2D eigenvalue weighted by Gasteiger charge is 2.26. The molecule has 0 aromatic heterocycles. The molecule has 0 N–H and O–H groups in total. The van der Waals surface area contributed by atoms with Crippen LogP contribution in [-0.2, 0) is 5.75 Å². The average molecular weight is 400 g/mol. The van der Waals surface area contributed by atoms with Gasteiger partial charge in [-0.2, -0.15) is 0 Å². The van der Waals surface area contributed by atoms with E-state index in [2.05, 4.69) is 4.99 Å². The molecule has 1 amide bonds. The molecular formula is C17H13Cl3N2OS. The SMILES string of the molecule is O=C(c1ccccc1Cl)N1CCN=C1SCc1ccc(Cl)c(Cl)c1. The van der Waals surface area contributed by atoms with Crippen molar-refractivity contribution in [3.63, 3.8) is 0 Å². The Labute approximate surface area is 159 Å². The van der Waals surface area contributed by atoms with Gasteiger partial charge in [0.2, 0.25) is 0 Å². The largest absolute Gasteiger partial charge is 0.286 e. The molecular weight excluding hydrogens is 387 g/mol. The van der Waals surface area contributed by atoms with Crippen molar-refractivity contribution in [2.45, 2.75) is 5.75 Å². The molecule has 0 saturated heterocycles. The van der Waals surface area contributed by atoms with E-state index in [1.807, 2.05) is 12.1 Å². The van der Waals surface area contributed by atoms with Crippen LogP contribution in [0.4, 0.5) is 0 Å². The predicted octanol–water partition coefficient (Wildman–Crippen LogP) is 5.39. The van der Waals surface area contributed by atoms with Crippen LogP contribution in [0.25, 0.3) is 0 Å². The Morgan fingerprint density at radius 3 is 2.62 bits per heavy atom. The molecule has 1 aliphatic heterocycles. The van der Waals surface area contributed by atoms with Crippen molar-refractivity contribution in [1.82, 2.24) is 4.90 Å². The smallest absolute Gasteiger partial charge is 0.261 e. The summed E-state index contributed by atoms with van der Waals surface area (Å²) < 4.78 is 0. The molecule has 0 saturated carbocycles. The number of amides is 1. The number of amidine groups is 1. The van der Waals surface area contributed by atoms with Crippen LogP contribution in [0.1, 0.15) is 15.9 Å². The predicted molar refractivity (Wildman–Crippen MR) is 103 cm³/mol. The van der Waals surface area contributed by atoms with E-state index in [-0.39, 0.29) is 5.91 Å². The number of carbonyl (C=O) groups excluding carboxylic acids is 1. The number of halogens is 3. The van der Waals surface area contributed by atoms with Gasteiger partial charge in [0, 0.05) is 12.3 Å². The summed E-state index contributed by atoms with van der Waals surface area (Å²) in [6, 6.07) is 12.5. The standard InChI is InChI=1S/C17H13Cl3N2OS/c18-13-4-2-1-3-12(13)16(23)22-8-7-21-17(22)24-10-11-5-6-14(19)15(20)9-11/h1-6,9H,7-8,10H2. The Hall–Kier alpha value is -1.20. The second kappa shape index (κ2) is 7.79. The van der Waals surface area contributed by atoms with Crippen LogP contribution in [0.2, 0.25) is 15.1 Å². The van der Waals surface area contributed by atoms with Crippen molar-refractivity contribution in [1.29, 1.82) is 0 Å². The summed E-state index contributed by atoms with van der Waals surface area (Å²) >= 11 is 19.6. The first-order valence-corrected chi connectivity index (χ1v) is 9.36. The molecule has 0 aliphatic carbocycles. The topological polar surface area (TPSA) is 32.7 Å². The van der Waals surface area contributed by atoms with Crippen LogP contribution >= 0.6 is 46.6 Å². The van der Waals surface area contributed by atoms with E-state index in [0.717, 1.165) is 5.56 Å². The molecule has 0 radical (unpaired) electrons. The molecule has 2 aromatic carbocycles. The summed E-state index contributed by atoms with van der Waals surface area (Å²) in [5.74, 6) is 0.528. The fourth-order valence-electron chi connectivity index (χ4n) is 2.30. The zero-order valence-electron chi connectivity index (χ0n) is 12.5. The molecule has 124 valence electrons. The number of rotatable bonds is 3. The maximum Gasteiger partial charge on any atom is 0.261 e. The van der Waals surface area contributed by atoms with Crippen LogP contribution < -0.4 is 0 Å². The van der Waals surface area contributed by atoms with E-state index in [1.54, 1.807) is 35.2 Å². The number of nitrogens with zero attached hydrogens (tertiary/aromatic N) is 2. The third kappa shape index (κ3) is 3.89. The van der Waals surface area contributed by atoms with E-state index in [0.29, 0.717) is 44.6 Å². The second-order valence-corrected chi connectivity index (χ2v) is 7.30. The van der Waals surface area contributed by atoms with E-state index < -0.39 is 0 Å². The first-order valence-electron chi connectivity index (χ1n) is 7.24. The van der Waals surface area contributed by atoms with Gasteiger partial charge in [-0.25, -0.2) is 0 Å². The van der Waals surface area contributed by atoms with Crippen molar-refractivity contribution in [2.75, 3.05) is 13.1 Å². The summed E-state index contributed by atoms with van der Waals surface area (Å²) in [4.78, 5) is 18.8. The quantitative estimate of drug-likeness (QED) is 0.693. The van der Waals surface area contributed by atoms with Gasteiger partial charge in [-0.3, -0.25) is 14.7 Å². The van der Waals surface area contributed by atoms with Crippen LogP contribution in [0.5, 0.6) is 0 Å². The molecule has 1 aliphatic rings. The van der Waals surface area contributed by atoms with E-state index in [9.17, 15) is 4.79 Å². The fraction of sp³-hybridized carbons (Fsp3) is 0.176. The second-order valence-electron chi connectivity index (χ2n) is 5.14. The van der Waals surface area contributed by atoms with E-state index in [4.69, 9.17) is 34.8 Å². The summed E-state index contributed by atoms with van der Waals surface area (Å²) in [6.07, 6.45) is 0. The highest BCUT2D eigenvalue weighted by Crippen LogP contribution is 2.27. The average Bonchev–Trinajstić information content (AvgIpc) is 3.04. The highest BCUT2D eigenvalue weighted by molar-refractivity contribution is 8.13. The minimum absolute atomic E-state index is 0.126. The van der Waals surface area contributed by atoms with Gasteiger partial charge in [0.05, 0.1) is 27.2 Å². The number of hydrogen-bond donors (Lipinski definition) is 0. The third-order valence-corrected chi connectivity index (χ3v) is 5.66. The molecule has 2 aromatic rings. The number of thioether (sulfide) groups is 1. The Morgan fingerprint density at radius 1 is 1.08 bits per heavy atom. The number of carbonyl (C=O) groups is 1. The van der Waals surface area contributed by atoms with Crippen molar-refractivity contribution in [2.24, 2.45) is 4.99 Å². The molecule has 0 fully saturated rings. The van der Waals surface area contributed by atoms with Crippen LogP contribution in [0.3, 0.4) is 0 Å². The van der Waals surface area contributed by atoms with Gasteiger partial charge in [-0.1, -0.05) is 64.8 Å². The van der Waals surface area contributed by atoms with Crippen molar-refractivity contribution in [3.05, 3.63) is 68.7 Å². The van der Waals surface area contributed by atoms with Gasteiger partial charge in [0.15, 0.2) is 5.17 Å². The number of hydrogen-bond acceptors (Lipinski definition) is 3. The molecule has 0 atom stereocenters. The summed E-state index contributed by atoms with van der Waals surface area (Å²) in [7, 11) is 0. The van der Waals surface area contributed by atoms with Gasteiger partial charge in [-0.05, 0) is 29.8 Å². The van der Waals surface area contributed by atoms with E-state index in [1.165, 1.54) is 11.8 Å². The normalized spacial score (nSPS) is 14.0. The maximum atomic E-state index is 12.7. The molecule has 0 bridgehead atoms.